The largest absolute Gasteiger partial charge is 0.462 e. The van der Waals surface area contributed by atoms with Crippen LogP contribution in [-0.2, 0) is 4.74 Å². The average molecular weight is 532 g/mol. The molecule has 0 saturated heterocycles. The van der Waals surface area contributed by atoms with Crippen LogP contribution in [0.5, 0.6) is 0 Å². The lowest BCUT2D eigenvalue weighted by Gasteiger charge is -2.10. The summed E-state index contributed by atoms with van der Waals surface area (Å²) in [4.78, 5) is 39.3. The fourth-order valence-corrected chi connectivity index (χ4v) is 4.96. The molecule has 1 aromatic heterocycles. The normalized spacial score (nSPS) is 10.4. The number of thiophene rings is 1. The van der Waals surface area contributed by atoms with Gasteiger partial charge in [-0.1, -0.05) is 54.4 Å². The van der Waals surface area contributed by atoms with E-state index in [1.54, 1.807) is 55.5 Å². The lowest BCUT2D eigenvalue weighted by Crippen LogP contribution is -2.15. The van der Waals surface area contributed by atoms with Gasteiger partial charge in [0.15, 0.2) is 0 Å². The quantitative estimate of drug-likeness (QED) is 0.163. The first kappa shape index (κ1) is 26.0. The molecule has 188 valence electrons. The van der Waals surface area contributed by atoms with E-state index < -0.39 is 11.9 Å². The third kappa shape index (κ3) is 6.58. The van der Waals surface area contributed by atoms with Crippen LogP contribution < -0.4 is 15.4 Å². The van der Waals surface area contributed by atoms with Gasteiger partial charge in [-0.15, -0.1) is 11.3 Å². The van der Waals surface area contributed by atoms with Crippen LogP contribution in [0.3, 0.4) is 0 Å². The van der Waals surface area contributed by atoms with Gasteiger partial charge in [0.2, 0.25) is 0 Å². The van der Waals surface area contributed by atoms with Crippen LogP contribution >= 0.6 is 23.3 Å². The minimum Gasteiger partial charge on any atom is -0.462 e. The summed E-state index contributed by atoms with van der Waals surface area (Å²) in [5.74, 6) is -1.21. The smallest absolute Gasteiger partial charge is 0.341 e. The summed E-state index contributed by atoms with van der Waals surface area (Å²) >= 11 is 2.73. The van der Waals surface area contributed by atoms with Crippen molar-refractivity contribution in [1.82, 2.24) is 0 Å². The number of nitrogens with one attached hydrogen (secondary N) is 3. The van der Waals surface area contributed by atoms with E-state index in [1.165, 1.54) is 23.3 Å². The molecular weight excluding hydrogens is 506 g/mol. The zero-order valence-electron chi connectivity index (χ0n) is 20.2. The molecule has 0 fully saturated rings. The van der Waals surface area contributed by atoms with Crippen LogP contribution in [0.15, 0.2) is 84.9 Å². The molecule has 7 nitrogen and oxygen atoms in total. The van der Waals surface area contributed by atoms with E-state index in [0.29, 0.717) is 27.4 Å². The van der Waals surface area contributed by atoms with Crippen molar-refractivity contribution in [1.29, 1.82) is 0 Å². The van der Waals surface area contributed by atoms with Crippen molar-refractivity contribution in [2.24, 2.45) is 0 Å². The van der Waals surface area contributed by atoms with Gasteiger partial charge in [-0.05, 0) is 55.0 Å². The number of ether oxygens (including phenoxy) is 1. The number of rotatable bonds is 9. The second-order valence-corrected chi connectivity index (χ2v) is 9.48. The monoisotopic (exact) mass is 531 g/mol. The molecule has 0 unspecified atom stereocenters. The summed E-state index contributed by atoms with van der Waals surface area (Å²) in [6.07, 6.45) is 1.90. The van der Waals surface area contributed by atoms with E-state index in [1.807, 2.05) is 42.7 Å². The van der Waals surface area contributed by atoms with Crippen molar-refractivity contribution < 1.29 is 19.1 Å². The van der Waals surface area contributed by atoms with Gasteiger partial charge in [0.1, 0.15) is 5.00 Å². The molecule has 0 bridgehead atoms. The fourth-order valence-electron chi connectivity index (χ4n) is 3.55. The minimum atomic E-state index is -0.504. The summed E-state index contributed by atoms with van der Waals surface area (Å²) in [5.41, 5.74) is 3.33. The van der Waals surface area contributed by atoms with Gasteiger partial charge in [0, 0.05) is 33.6 Å². The van der Waals surface area contributed by atoms with Gasteiger partial charge >= 0.3 is 5.97 Å². The Bertz CT molecular complexity index is 1420. The molecule has 4 aromatic rings. The number of hydrogen-bond donors (Lipinski definition) is 3. The van der Waals surface area contributed by atoms with E-state index in [0.717, 1.165) is 16.1 Å². The molecule has 9 heteroatoms. The molecule has 0 spiro atoms. The first-order valence-corrected chi connectivity index (χ1v) is 13.5. The van der Waals surface area contributed by atoms with Crippen LogP contribution in [0, 0.1) is 0 Å². The Balaban J connectivity index is 1.53. The summed E-state index contributed by atoms with van der Waals surface area (Å²) in [7, 11) is 0. The Hall–Kier alpha value is -4.08. The SMILES string of the molecule is CCOC(=O)c1cc(-c2ccccc2)sc1NC(=O)c1cccc(NC(=O)c2cccc(NSC)c2)c1. The molecule has 37 heavy (non-hydrogen) atoms. The first-order valence-electron chi connectivity index (χ1n) is 11.5. The molecule has 0 aliphatic rings. The topological polar surface area (TPSA) is 96.5 Å². The summed E-state index contributed by atoms with van der Waals surface area (Å²) < 4.78 is 8.29. The number of carbonyl (C=O) groups is 3. The van der Waals surface area contributed by atoms with Crippen LogP contribution in [-0.4, -0.2) is 30.6 Å². The zero-order valence-corrected chi connectivity index (χ0v) is 21.9. The highest BCUT2D eigenvalue weighted by Gasteiger charge is 2.20. The van der Waals surface area contributed by atoms with Gasteiger partial charge < -0.3 is 20.1 Å². The van der Waals surface area contributed by atoms with Crippen molar-refractivity contribution in [3.05, 3.63) is 102 Å². The molecule has 4 rings (SSSR count). The molecule has 0 radical (unpaired) electrons. The highest BCUT2D eigenvalue weighted by atomic mass is 32.2. The minimum absolute atomic E-state index is 0.223. The van der Waals surface area contributed by atoms with Crippen LogP contribution in [0.25, 0.3) is 10.4 Å². The second-order valence-electron chi connectivity index (χ2n) is 7.82. The van der Waals surface area contributed by atoms with Gasteiger partial charge in [0.25, 0.3) is 11.8 Å². The van der Waals surface area contributed by atoms with Crippen molar-refractivity contribution >= 4 is 57.4 Å². The van der Waals surface area contributed by atoms with Crippen molar-refractivity contribution in [3.63, 3.8) is 0 Å². The number of benzene rings is 3. The summed E-state index contributed by atoms with van der Waals surface area (Å²) in [6, 6.07) is 25.1. The molecule has 0 atom stereocenters. The van der Waals surface area contributed by atoms with E-state index in [2.05, 4.69) is 15.4 Å². The Kier molecular flexibility index (Phi) is 8.60. The van der Waals surface area contributed by atoms with Crippen molar-refractivity contribution in [3.8, 4) is 10.4 Å². The number of hydrogen-bond acceptors (Lipinski definition) is 7. The predicted octanol–water partition coefficient (Wildman–Crippen LogP) is 6.79. The van der Waals surface area contributed by atoms with Crippen molar-refractivity contribution in [2.45, 2.75) is 6.92 Å². The van der Waals surface area contributed by atoms with Crippen LogP contribution in [0.1, 0.15) is 38.0 Å². The molecule has 2 amide bonds. The maximum Gasteiger partial charge on any atom is 0.341 e. The number of esters is 1. The van der Waals surface area contributed by atoms with E-state index in [9.17, 15) is 14.4 Å². The lowest BCUT2D eigenvalue weighted by molar-refractivity contribution is 0.0528. The van der Waals surface area contributed by atoms with Gasteiger partial charge in [-0.2, -0.15) is 0 Å². The Morgan fingerprint density at radius 1 is 0.811 bits per heavy atom. The molecule has 1 heterocycles. The molecule has 0 aliphatic heterocycles. The molecule has 0 aliphatic carbocycles. The number of amides is 2. The number of carbonyl (C=O) groups excluding carboxylic acids is 3. The highest BCUT2D eigenvalue weighted by Crippen LogP contribution is 2.36. The summed E-state index contributed by atoms with van der Waals surface area (Å²) in [5, 5.41) is 6.08. The zero-order chi connectivity index (χ0) is 26.2. The van der Waals surface area contributed by atoms with E-state index in [4.69, 9.17) is 4.74 Å². The predicted molar refractivity (Wildman–Crippen MR) is 152 cm³/mol. The first-order chi connectivity index (χ1) is 18.0. The van der Waals surface area contributed by atoms with Gasteiger partial charge in [-0.25, -0.2) is 4.79 Å². The Morgan fingerprint density at radius 3 is 2.14 bits per heavy atom. The molecule has 3 N–H and O–H groups in total. The third-order valence-electron chi connectivity index (χ3n) is 5.24. The maximum absolute atomic E-state index is 13.1. The summed E-state index contributed by atoms with van der Waals surface area (Å²) in [6.45, 7) is 1.96. The van der Waals surface area contributed by atoms with E-state index in [-0.39, 0.29) is 12.5 Å². The second kappa shape index (κ2) is 12.2. The Labute approximate surface area is 223 Å². The van der Waals surface area contributed by atoms with Gasteiger partial charge in [-0.3, -0.25) is 9.59 Å². The molecular formula is C28H25N3O4S2. The highest BCUT2D eigenvalue weighted by molar-refractivity contribution is 7.99. The maximum atomic E-state index is 13.1. The van der Waals surface area contributed by atoms with Crippen LogP contribution in [0.2, 0.25) is 0 Å². The number of anilines is 3. The standard InChI is InChI=1S/C28H25N3O4S2/c1-3-35-28(34)23-17-24(18-9-5-4-6-10-18)37-27(23)30-26(33)19-11-7-13-21(15-19)29-25(32)20-12-8-14-22(16-20)31-36-2/h4-17,31H,3H2,1-2H3,(H,29,32)(H,30,33). The fraction of sp³-hybridized carbons (Fsp3) is 0.107. The van der Waals surface area contributed by atoms with E-state index >= 15 is 0 Å². The lowest BCUT2D eigenvalue weighted by atomic mass is 10.1. The molecule has 0 saturated carbocycles. The van der Waals surface area contributed by atoms with Crippen LogP contribution in [0.4, 0.5) is 16.4 Å². The molecule has 3 aromatic carbocycles. The Morgan fingerprint density at radius 2 is 1.46 bits per heavy atom. The van der Waals surface area contributed by atoms with Crippen molar-refractivity contribution in [2.75, 3.05) is 28.2 Å². The average Bonchev–Trinajstić information content (AvgIpc) is 3.34. The third-order valence-corrected chi connectivity index (χ3v) is 6.78. The van der Waals surface area contributed by atoms with Gasteiger partial charge in [0.05, 0.1) is 12.2 Å².